The number of rotatable bonds is 3. The third-order valence-corrected chi connectivity index (χ3v) is 4.42. The molecular weight excluding hydrogens is 205 g/mol. The molecule has 14 heavy (non-hydrogen) atoms. The normalized spacial score (nSPS) is 30.1. The lowest BCUT2D eigenvalue weighted by atomic mass is 10.2. The highest BCUT2D eigenvalue weighted by Gasteiger charge is 2.27. The minimum atomic E-state index is -2.84. The molecule has 0 aromatic rings. The van der Waals surface area contributed by atoms with E-state index in [2.05, 4.69) is 4.90 Å². The largest absolute Gasteiger partial charge is 0.299 e. The monoisotopic (exact) mass is 223 g/mol. The average molecular weight is 223 g/mol. The van der Waals surface area contributed by atoms with Gasteiger partial charge in [-0.05, 0) is 20.3 Å². The van der Waals surface area contributed by atoms with E-state index in [1.165, 1.54) is 6.92 Å². The Hall–Kier alpha value is -0.160. The molecule has 3 nitrogen and oxygen atoms in total. The smallest absolute Gasteiger partial charge is 0.153 e. The number of hydrogen-bond acceptors (Lipinski definition) is 3. The summed E-state index contributed by atoms with van der Waals surface area (Å²) >= 11 is 0. The predicted molar refractivity (Wildman–Crippen MR) is 54.9 cm³/mol. The van der Waals surface area contributed by atoms with Crippen molar-refractivity contribution in [3.05, 3.63) is 0 Å². The fourth-order valence-electron chi connectivity index (χ4n) is 1.71. The average Bonchev–Trinajstić information content (AvgIpc) is 2.00. The van der Waals surface area contributed by atoms with Gasteiger partial charge in [-0.15, -0.1) is 0 Å². The standard InChI is InChI=1S/C9H18FNO2S/c1-8(10)3-4-11-5-6-14(12,13)7-9(11)2/h8-9H,3-7H2,1-2H3/t8-,9-/m0/s1. The van der Waals surface area contributed by atoms with Crippen LogP contribution in [0.4, 0.5) is 4.39 Å². The Labute approximate surface area is 85.2 Å². The summed E-state index contributed by atoms with van der Waals surface area (Å²) in [6.45, 7) is 4.63. The number of hydrogen-bond donors (Lipinski definition) is 0. The molecule has 0 amide bonds. The summed E-state index contributed by atoms with van der Waals surface area (Å²) in [5.74, 6) is 0.436. The first-order valence-corrected chi connectivity index (χ1v) is 6.81. The van der Waals surface area contributed by atoms with Crippen LogP contribution in [-0.2, 0) is 9.84 Å². The molecule has 0 unspecified atom stereocenters. The molecule has 1 fully saturated rings. The van der Waals surface area contributed by atoms with E-state index < -0.39 is 16.0 Å². The van der Waals surface area contributed by atoms with Crippen LogP contribution >= 0.6 is 0 Å². The summed E-state index contributed by atoms with van der Waals surface area (Å²) in [4.78, 5) is 2.05. The zero-order valence-electron chi connectivity index (χ0n) is 8.74. The topological polar surface area (TPSA) is 37.4 Å². The molecule has 0 aliphatic carbocycles. The van der Waals surface area contributed by atoms with Crippen molar-refractivity contribution in [2.75, 3.05) is 24.6 Å². The molecule has 2 atom stereocenters. The SMILES string of the molecule is C[C@H](F)CCN1CCS(=O)(=O)C[C@@H]1C. The van der Waals surface area contributed by atoms with Crippen LogP contribution in [-0.4, -0.2) is 50.1 Å². The van der Waals surface area contributed by atoms with E-state index in [4.69, 9.17) is 0 Å². The van der Waals surface area contributed by atoms with Crippen LogP contribution in [0.3, 0.4) is 0 Å². The number of sulfone groups is 1. The first kappa shape index (κ1) is 11.9. The minimum absolute atomic E-state index is 0.0347. The maximum absolute atomic E-state index is 12.6. The van der Waals surface area contributed by atoms with Crippen LogP contribution < -0.4 is 0 Å². The Balaban J connectivity index is 2.42. The van der Waals surface area contributed by atoms with Crippen LogP contribution in [0.25, 0.3) is 0 Å². The Morgan fingerprint density at radius 3 is 2.71 bits per heavy atom. The minimum Gasteiger partial charge on any atom is -0.299 e. The van der Waals surface area contributed by atoms with Crippen molar-refractivity contribution >= 4 is 9.84 Å². The summed E-state index contributed by atoms with van der Waals surface area (Å²) in [5, 5.41) is 0. The van der Waals surface area contributed by atoms with Gasteiger partial charge in [0, 0.05) is 19.1 Å². The Morgan fingerprint density at radius 1 is 1.57 bits per heavy atom. The van der Waals surface area contributed by atoms with Gasteiger partial charge < -0.3 is 0 Å². The van der Waals surface area contributed by atoms with Gasteiger partial charge in [-0.2, -0.15) is 0 Å². The van der Waals surface area contributed by atoms with Crippen molar-refractivity contribution < 1.29 is 12.8 Å². The number of alkyl halides is 1. The van der Waals surface area contributed by atoms with Crippen molar-refractivity contribution in [2.24, 2.45) is 0 Å². The van der Waals surface area contributed by atoms with Crippen LogP contribution in [0, 0.1) is 0 Å². The maximum atomic E-state index is 12.6. The van der Waals surface area contributed by atoms with E-state index in [-0.39, 0.29) is 17.5 Å². The van der Waals surface area contributed by atoms with Gasteiger partial charge in [0.25, 0.3) is 0 Å². The molecule has 0 radical (unpaired) electrons. The highest BCUT2D eigenvalue weighted by atomic mass is 32.2. The molecule has 0 aromatic carbocycles. The van der Waals surface area contributed by atoms with E-state index in [0.717, 1.165) is 0 Å². The molecule has 1 aliphatic rings. The molecule has 0 spiro atoms. The lowest BCUT2D eigenvalue weighted by Gasteiger charge is -2.33. The number of halogens is 1. The zero-order valence-corrected chi connectivity index (χ0v) is 9.56. The van der Waals surface area contributed by atoms with Gasteiger partial charge >= 0.3 is 0 Å². The van der Waals surface area contributed by atoms with Crippen molar-refractivity contribution in [1.29, 1.82) is 0 Å². The summed E-state index contributed by atoms with van der Waals surface area (Å²) in [6, 6.07) is 0.0347. The Morgan fingerprint density at radius 2 is 2.21 bits per heavy atom. The third kappa shape index (κ3) is 3.53. The molecule has 0 N–H and O–H groups in total. The molecule has 1 heterocycles. The molecule has 0 saturated carbocycles. The van der Waals surface area contributed by atoms with E-state index >= 15 is 0 Å². The molecule has 1 saturated heterocycles. The highest BCUT2D eigenvalue weighted by Crippen LogP contribution is 2.12. The first-order chi connectivity index (χ1) is 6.41. The second-order valence-corrected chi connectivity index (χ2v) is 6.30. The molecule has 0 aromatic heterocycles. The maximum Gasteiger partial charge on any atom is 0.153 e. The van der Waals surface area contributed by atoms with Gasteiger partial charge in [-0.25, -0.2) is 12.8 Å². The molecule has 1 rings (SSSR count). The predicted octanol–water partition coefficient (Wildman–Crippen LogP) is 0.853. The van der Waals surface area contributed by atoms with Gasteiger partial charge in [-0.1, -0.05) is 0 Å². The van der Waals surface area contributed by atoms with Crippen LogP contribution in [0.15, 0.2) is 0 Å². The summed E-state index contributed by atoms with van der Waals surface area (Å²) < 4.78 is 35.1. The second kappa shape index (κ2) is 4.57. The molecule has 5 heteroatoms. The van der Waals surface area contributed by atoms with Crippen molar-refractivity contribution in [3.8, 4) is 0 Å². The zero-order chi connectivity index (χ0) is 10.8. The van der Waals surface area contributed by atoms with E-state index in [9.17, 15) is 12.8 Å². The fraction of sp³-hybridized carbons (Fsp3) is 1.00. The Bertz CT molecular complexity index is 277. The molecule has 0 bridgehead atoms. The fourth-order valence-corrected chi connectivity index (χ4v) is 3.33. The number of nitrogens with zero attached hydrogens (tertiary/aromatic N) is 1. The summed E-state index contributed by atoms with van der Waals surface area (Å²) in [6.07, 6.45) is -0.314. The van der Waals surface area contributed by atoms with Crippen LogP contribution in [0.5, 0.6) is 0 Å². The van der Waals surface area contributed by atoms with Crippen molar-refractivity contribution in [3.63, 3.8) is 0 Å². The van der Waals surface area contributed by atoms with Crippen molar-refractivity contribution in [2.45, 2.75) is 32.5 Å². The lowest BCUT2D eigenvalue weighted by Crippen LogP contribution is -2.47. The van der Waals surface area contributed by atoms with Gasteiger partial charge in [-0.3, -0.25) is 4.90 Å². The quantitative estimate of drug-likeness (QED) is 0.712. The highest BCUT2D eigenvalue weighted by molar-refractivity contribution is 7.91. The van der Waals surface area contributed by atoms with Gasteiger partial charge in [0.05, 0.1) is 17.7 Å². The van der Waals surface area contributed by atoms with Crippen LogP contribution in [0.2, 0.25) is 0 Å². The lowest BCUT2D eigenvalue weighted by molar-refractivity contribution is 0.198. The molecule has 84 valence electrons. The van der Waals surface area contributed by atoms with Gasteiger partial charge in [0.1, 0.15) is 0 Å². The second-order valence-electron chi connectivity index (χ2n) is 4.07. The Kier molecular flexibility index (Phi) is 3.89. The van der Waals surface area contributed by atoms with E-state index in [1.807, 2.05) is 6.92 Å². The van der Waals surface area contributed by atoms with Crippen molar-refractivity contribution in [1.82, 2.24) is 4.90 Å². The van der Waals surface area contributed by atoms with E-state index in [1.54, 1.807) is 0 Å². The summed E-state index contributed by atoms with van der Waals surface area (Å²) in [5.41, 5.74) is 0. The van der Waals surface area contributed by atoms with Gasteiger partial charge in [0.2, 0.25) is 0 Å². The third-order valence-electron chi connectivity index (χ3n) is 2.62. The molecule has 1 aliphatic heterocycles. The van der Waals surface area contributed by atoms with Crippen LogP contribution in [0.1, 0.15) is 20.3 Å². The molecular formula is C9H18FNO2S. The summed E-state index contributed by atoms with van der Waals surface area (Å²) in [7, 11) is -2.84. The first-order valence-electron chi connectivity index (χ1n) is 4.99. The van der Waals surface area contributed by atoms with E-state index in [0.29, 0.717) is 19.5 Å². The van der Waals surface area contributed by atoms with Gasteiger partial charge in [0.15, 0.2) is 9.84 Å².